The summed E-state index contributed by atoms with van der Waals surface area (Å²) >= 11 is 0. The molecule has 0 aromatic heterocycles. The number of ether oxygens (including phenoxy) is 2. The summed E-state index contributed by atoms with van der Waals surface area (Å²) in [5.41, 5.74) is 1.09. The maximum absolute atomic E-state index is 11.4. The standard InChI is InChI=1S/C14H20N2O3/c1-16(2)13(17)7-4-8-15-9-11-5-3-6-12-14(11)19-10-18-12/h3,5-6,15H,4,7-10H2,1-2H3. The highest BCUT2D eigenvalue weighted by molar-refractivity contribution is 5.75. The molecule has 0 spiro atoms. The number of hydrogen-bond donors (Lipinski definition) is 1. The Hall–Kier alpha value is -1.75. The Morgan fingerprint density at radius 1 is 1.37 bits per heavy atom. The van der Waals surface area contributed by atoms with Crippen molar-refractivity contribution in [1.82, 2.24) is 10.2 Å². The first kappa shape index (κ1) is 13.7. The SMILES string of the molecule is CN(C)C(=O)CCCNCc1cccc2c1OCO2. The number of fused-ring (bicyclic) bond motifs is 1. The van der Waals surface area contributed by atoms with Crippen LogP contribution < -0.4 is 14.8 Å². The summed E-state index contributed by atoms with van der Waals surface area (Å²) in [7, 11) is 3.56. The zero-order valence-electron chi connectivity index (χ0n) is 11.4. The fourth-order valence-electron chi connectivity index (χ4n) is 1.94. The maximum Gasteiger partial charge on any atom is 0.231 e. The maximum atomic E-state index is 11.4. The number of hydrogen-bond acceptors (Lipinski definition) is 4. The summed E-state index contributed by atoms with van der Waals surface area (Å²) < 4.78 is 10.8. The van der Waals surface area contributed by atoms with Gasteiger partial charge in [0.2, 0.25) is 12.7 Å². The summed E-state index contributed by atoms with van der Waals surface area (Å²) in [6, 6.07) is 5.88. The lowest BCUT2D eigenvalue weighted by Gasteiger charge is -2.10. The van der Waals surface area contributed by atoms with Crippen LogP contribution in [0.3, 0.4) is 0 Å². The van der Waals surface area contributed by atoms with Gasteiger partial charge < -0.3 is 19.7 Å². The minimum atomic E-state index is 0.166. The summed E-state index contributed by atoms with van der Waals surface area (Å²) in [6.07, 6.45) is 1.41. The van der Waals surface area contributed by atoms with Gasteiger partial charge >= 0.3 is 0 Å². The van der Waals surface area contributed by atoms with E-state index in [2.05, 4.69) is 5.32 Å². The second kappa shape index (κ2) is 6.43. The number of carbonyl (C=O) groups excluding carboxylic acids is 1. The van der Waals surface area contributed by atoms with Crippen LogP contribution in [0.4, 0.5) is 0 Å². The van der Waals surface area contributed by atoms with E-state index < -0.39 is 0 Å². The lowest BCUT2D eigenvalue weighted by atomic mass is 10.2. The van der Waals surface area contributed by atoms with Gasteiger partial charge in [0.1, 0.15) is 0 Å². The van der Waals surface area contributed by atoms with E-state index in [9.17, 15) is 4.79 Å². The molecule has 2 rings (SSSR count). The van der Waals surface area contributed by atoms with Crippen molar-refractivity contribution >= 4 is 5.91 Å². The first-order valence-electron chi connectivity index (χ1n) is 6.47. The Kier molecular flexibility index (Phi) is 4.63. The van der Waals surface area contributed by atoms with E-state index in [1.165, 1.54) is 0 Å². The lowest BCUT2D eigenvalue weighted by molar-refractivity contribution is -0.128. The van der Waals surface area contributed by atoms with Crippen molar-refractivity contribution in [3.63, 3.8) is 0 Å². The highest BCUT2D eigenvalue weighted by Crippen LogP contribution is 2.35. The minimum absolute atomic E-state index is 0.166. The molecule has 0 saturated heterocycles. The van der Waals surface area contributed by atoms with Gasteiger partial charge in [-0.2, -0.15) is 0 Å². The third kappa shape index (κ3) is 3.61. The molecule has 19 heavy (non-hydrogen) atoms. The van der Waals surface area contributed by atoms with Gasteiger partial charge in [-0.15, -0.1) is 0 Å². The van der Waals surface area contributed by atoms with Gasteiger partial charge in [-0.25, -0.2) is 0 Å². The second-order valence-electron chi connectivity index (χ2n) is 4.72. The molecule has 0 radical (unpaired) electrons. The van der Waals surface area contributed by atoms with Gasteiger partial charge in [-0.05, 0) is 19.0 Å². The molecule has 0 unspecified atom stereocenters. The molecule has 1 aliphatic heterocycles. The molecule has 1 amide bonds. The summed E-state index contributed by atoms with van der Waals surface area (Å²) in [5.74, 6) is 1.81. The first-order valence-corrected chi connectivity index (χ1v) is 6.47. The molecule has 1 heterocycles. The number of para-hydroxylation sites is 1. The molecule has 104 valence electrons. The van der Waals surface area contributed by atoms with Gasteiger partial charge in [-0.3, -0.25) is 4.79 Å². The van der Waals surface area contributed by atoms with Crippen molar-refractivity contribution in [2.75, 3.05) is 27.4 Å². The van der Waals surface area contributed by atoms with Crippen LogP contribution in [0.25, 0.3) is 0 Å². The number of amides is 1. The van der Waals surface area contributed by atoms with Crippen molar-refractivity contribution < 1.29 is 14.3 Å². The summed E-state index contributed by atoms with van der Waals surface area (Å²) in [4.78, 5) is 13.0. The van der Waals surface area contributed by atoms with E-state index in [0.717, 1.165) is 36.6 Å². The number of nitrogens with zero attached hydrogens (tertiary/aromatic N) is 1. The van der Waals surface area contributed by atoms with E-state index >= 15 is 0 Å². The quantitative estimate of drug-likeness (QED) is 0.789. The molecule has 5 nitrogen and oxygen atoms in total. The van der Waals surface area contributed by atoms with Crippen LogP contribution in [0.2, 0.25) is 0 Å². The molecule has 1 aliphatic rings. The number of rotatable bonds is 6. The van der Waals surface area contributed by atoms with Crippen molar-refractivity contribution in [3.05, 3.63) is 23.8 Å². The predicted molar refractivity (Wildman–Crippen MR) is 72.2 cm³/mol. The van der Waals surface area contributed by atoms with Crippen LogP contribution in [0.15, 0.2) is 18.2 Å². The average Bonchev–Trinajstić information content (AvgIpc) is 2.87. The third-order valence-corrected chi connectivity index (χ3v) is 3.04. The van der Waals surface area contributed by atoms with Crippen LogP contribution in [-0.2, 0) is 11.3 Å². The largest absolute Gasteiger partial charge is 0.454 e. The Labute approximate surface area is 113 Å². The molecule has 0 aliphatic carbocycles. The van der Waals surface area contributed by atoms with E-state index in [1.807, 2.05) is 18.2 Å². The third-order valence-electron chi connectivity index (χ3n) is 3.04. The highest BCUT2D eigenvalue weighted by atomic mass is 16.7. The number of benzene rings is 1. The van der Waals surface area contributed by atoms with Crippen molar-refractivity contribution in [3.8, 4) is 11.5 Å². The molecular weight excluding hydrogens is 244 g/mol. The van der Waals surface area contributed by atoms with Gasteiger partial charge in [0.15, 0.2) is 11.5 Å². The predicted octanol–water partition coefficient (Wildman–Crippen LogP) is 1.37. The summed E-state index contributed by atoms with van der Waals surface area (Å²) in [6.45, 7) is 1.83. The Morgan fingerprint density at radius 3 is 3.00 bits per heavy atom. The van der Waals surface area contributed by atoms with Crippen LogP contribution in [0.1, 0.15) is 18.4 Å². The first-order chi connectivity index (χ1) is 9.18. The van der Waals surface area contributed by atoms with Gasteiger partial charge in [0.25, 0.3) is 0 Å². The van der Waals surface area contributed by atoms with Crippen LogP contribution in [-0.4, -0.2) is 38.2 Å². The fraction of sp³-hybridized carbons (Fsp3) is 0.500. The molecule has 1 aromatic carbocycles. The molecule has 0 bridgehead atoms. The molecule has 1 N–H and O–H groups in total. The number of carbonyl (C=O) groups is 1. The highest BCUT2D eigenvalue weighted by Gasteiger charge is 2.16. The van der Waals surface area contributed by atoms with Crippen molar-refractivity contribution in [1.29, 1.82) is 0 Å². The van der Waals surface area contributed by atoms with Crippen molar-refractivity contribution in [2.24, 2.45) is 0 Å². The topological polar surface area (TPSA) is 50.8 Å². The summed E-state index contributed by atoms with van der Waals surface area (Å²) in [5, 5.41) is 3.32. The number of nitrogens with one attached hydrogen (secondary N) is 1. The Bertz CT molecular complexity index is 446. The van der Waals surface area contributed by atoms with Crippen LogP contribution in [0.5, 0.6) is 11.5 Å². The Morgan fingerprint density at radius 2 is 2.21 bits per heavy atom. The van der Waals surface area contributed by atoms with Gasteiger partial charge in [-0.1, -0.05) is 12.1 Å². The van der Waals surface area contributed by atoms with E-state index in [-0.39, 0.29) is 5.91 Å². The van der Waals surface area contributed by atoms with E-state index in [4.69, 9.17) is 9.47 Å². The molecule has 5 heteroatoms. The second-order valence-corrected chi connectivity index (χ2v) is 4.72. The van der Waals surface area contributed by atoms with E-state index in [1.54, 1.807) is 19.0 Å². The van der Waals surface area contributed by atoms with Crippen LogP contribution in [0, 0.1) is 0 Å². The fourth-order valence-corrected chi connectivity index (χ4v) is 1.94. The average molecular weight is 264 g/mol. The normalized spacial score (nSPS) is 12.5. The zero-order chi connectivity index (χ0) is 13.7. The molecular formula is C14H20N2O3. The van der Waals surface area contributed by atoms with E-state index in [0.29, 0.717) is 13.2 Å². The molecule has 1 aromatic rings. The monoisotopic (exact) mass is 264 g/mol. The Balaban J connectivity index is 1.72. The smallest absolute Gasteiger partial charge is 0.231 e. The van der Waals surface area contributed by atoms with Crippen molar-refractivity contribution in [2.45, 2.75) is 19.4 Å². The van der Waals surface area contributed by atoms with Gasteiger partial charge in [0.05, 0.1) is 0 Å². The van der Waals surface area contributed by atoms with Gasteiger partial charge in [0, 0.05) is 32.6 Å². The molecule has 0 atom stereocenters. The van der Waals surface area contributed by atoms with Crippen LogP contribution >= 0.6 is 0 Å². The molecule has 0 fully saturated rings. The molecule has 0 saturated carbocycles. The zero-order valence-corrected chi connectivity index (χ0v) is 11.4. The lowest BCUT2D eigenvalue weighted by Crippen LogP contribution is -2.23. The minimum Gasteiger partial charge on any atom is -0.454 e.